The fourth-order valence-electron chi connectivity index (χ4n) is 2.68. The van der Waals surface area contributed by atoms with Crippen LogP contribution in [0.25, 0.3) is 0 Å². The number of ether oxygens (including phenoxy) is 2. The Morgan fingerprint density at radius 1 is 0.667 bits per heavy atom. The fourth-order valence-corrected chi connectivity index (χ4v) is 4.82. The van der Waals surface area contributed by atoms with Gasteiger partial charge in [0.15, 0.2) is 0 Å². The van der Waals surface area contributed by atoms with Gasteiger partial charge in [0.25, 0.3) is 0 Å². The highest BCUT2D eigenvalue weighted by atomic mass is 79.9. The average Bonchev–Trinajstić information content (AvgIpc) is 2.77. The van der Waals surface area contributed by atoms with E-state index in [0.717, 1.165) is 22.3 Å². The van der Waals surface area contributed by atoms with Crippen molar-refractivity contribution in [3.05, 3.63) is 69.8 Å². The lowest BCUT2D eigenvalue weighted by atomic mass is 10.1. The highest BCUT2D eigenvalue weighted by molar-refractivity contribution is 9.09. The Bertz CT molecular complexity index is 827. The molecule has 0 fully saturated rings. The van der Waals surface area contributed by atoms with E-state index in [1.54, 1.807) is 26.0 Å². The molecule has 2 aromatic carbocycles. The molecule has 2 aromatic rings. The second-order valence-corrected chi connectivity index (χ2v) is 8.97. The standard InChI is InChI=1S/C22H22Br4O4/c1-13(29-21(27)15-3-5-17(9-23)19(7-15)11-25)14(2)30-22(28)16-4-6-18(10-24)20(8-16)12-26/h3-8,13-14H,9-12H2,1-2H3/t13-,14-/m1/s1. The Morgan fingerprint density at radius 3 is 1.30 bits per heavy atom. The number of halogens is 4. The van der Waals surface area contributed by atoms with Crippen molar-refractivity contribution in [1.29, 1.82) is 0 Å². The predicted octanol–water partition coefficient (Wildman–Crippen LogP) is 7.06. The lowest BCUT2D eigenvalue weighted by Crippen LogP contribution is -2.30. The minimum atomic E-state index is -0.595. The van der Waals surface area contributed by atoms with Gasteiger partial charge in [-0.15, -0.1) is 0 Å². The molecule has 4 nitrogen and oxygen atoms in total. The smallest absolute Gasteiger partial charge is 0.338 e. The van der Waals surface area contributed by atoms with Crippen LogP contribution in [0.15, 0.2) is 36.4 Å². The van der Waals surface area contributed by atoms with Gasteiger partial charge in [-0.2, -0.15) is 0 Å². The van der Waals surface area contributed by atoms with Crippen LogP contribution in [-0.2, 0) is 30.8 Å². The number of hydrogen-bond donors (Lipinski definition) is 0. The van der Waals surface area contributed by atoms with Crippen molar-refractivity contribution in [2.24, 2.45) is 0 Å². The molecular weight excluding hydrogens is 648 g/mol. The Labute approximate surface area is 210 Å². The third kappa shape index (κ3) is 6.65. The molecule has 0 aliphatic rings. The summed E-state index contributed by atoms with van der Waals surface area (Å²) in [4.78, 5) is 25.1. The van der Waals surface area contributed by atoms with Crippen LogP contribution in [0.2, 0.25) is 0 Å². The van der Waals surface area contributed by atoms with Crippen LogP contribution in [0.3, 0.4) is 0 Å². The van der Waals surface area contributed by atoms with Crippen molar-refractivity contribution in [1.82, 2.24) is 0 Å². The van der Waals surface area contributed by atoms with Crippen LogP contribution in [0.5, 0.6) is 0 Å². The van der Waals surface area contributed by atoms with Gasteiger partial charge >= 0.3 is 11.9 Å². The van der Waals surface area contributed by atoms with Crippen LogP contribution >= 0.6 is 63.7 Å². The van der Waals surface area contributed by atoms with Crippen molar-refractivity contribution in [3.63, 3.8) is 0 Å². The van der Waals surface area contributed by atoms with E-state index in [1.807, 2.05) is 24.3 Å². The predicted molar refractivity (Wildman–Crippen MR) is 133 cm³/mol. The number of rotatable bonds is 9. The lowest BCUT2D eigenvalue weighted by Gasteiger charge is -2.21. The van der Waals surface area contributed by atoms with Crippen molar-refractivity contribution in [2.75, 3.05) is 0 Å². The first-order valence-electron chi connectivity index (χ1n) is 9.24. The Morgan fingerprint density at radius 2 is 1.00 bits per heavy atom. The molecule has 162 valence electrons. The molecule has 0 saturated carbocycles. The van der Waals surface area contributed by atoms with Crippen molar-refractivity contribution < 1.29 is 19.1 Å². The van der Waals surface area contributed by atoms with Crippen LogP contribution in [0, 0.1) is 0 Å². The molecule has 30 heavy (non-hydrogen) atoms. The van der Waals surface area contributed by atoms with Crippen LogP contribution in [0.1, 0.15) is 56.8 Å². The maximum absolute atomic E-state index is 12.5. The van der Waals surface area contributed by atoms with Crippen molar-refractivity contribution in [2.45, 2.75) is 47.4 Å². The normalized spacial score (nSPS) is 12.9. The van der Waals surface area contributed by atoms with Gasteiger partial charge < -0.3 is 9.47 Å². The molecule has 0 unspecified atom stereocenters. The minimum absolute atomic E-state index is 0.447. The Hall–Kier alpha value is -0.700. The maximum atomic E-state index is 12.5. The summed E-state index contributed by atoms with van der Waals surface area (Å²) in [5.74, 6) is -0.894. The molecule has 0 aliphatic carbocycles. The second kappa shape index (κ2) is 12.4. The molecule has 8 heteroatoms. The van der Waals surface area contributed by atoms with Gasteiger partial charge in [0.05, 0.1) is 11.1 Å². The van der Waals surface area contributed by atoms with Gasteiger partial charge in [-0.1, -0.05) is 75.9 Å². The highest BCUT2D eigenvalue weighted by Gasteiger charge is 2.23. The number of esters is 2. The topological polar surface area (TPSA) is 52.6 Å². The molecule has 2 rings (SSSR count). The second-order valence-electron chi connectivity index (χ2n) is 6.72. The summed E-state index contributed by atoms with van der Waals surface area (Å²) in [5.41, 5.74) is 5.17. The largest absolute Gasteiger partial charge is 0.455 e. The molecule has 0 saturated heterocycles. The van der Waals surface area contributed by atoms with Gasteiger partial charge in [0.2, 0.25) is 0 Å². The first kappa shape index (κ1) is 25.6. The Kier molecular flexibility index (Phi) is 10.5. The molecule has 0 aromatic heterocycles. The van der Waals surface area contributed by atoms with Gasteiger partial charge in [-0.05, 0) is 60.4 Å². The summed E-state index contributed by atoms with van der Waals surface area (Å²) in [6, 6.07) is 10.9. The van der Waals surface area contributed by atoms with E-state index < -0.39 is 24.1 Å². The van der Waals surface area contributed by atoms with Crippen molar-refractivity contribution in [3.8, 4) is 0 Å². The molecule has 0 heterocycles. The zero-order valence-corrected chi connectivity index (χ0v) is 22.9. The van der Waals surface area contributed by atoms with Crippen LogP contribution in [-0.4, -0.2) is 24.1 Å². The molecule has 0 aliphatic heterocycles. The van der Waals surface area contributed by atoms with Gasteiger partial charge in [-0.3, -0.25) is 0 Å². The van der Waals surface area contributed by atoms with Gasteiger partial charge in [0, 0.05) is 21.3 Å². The molecular formula is C22H22Br4O4. The number of carbonyl (C=O) groups is 2. The van der Waals surface area contributed by atoms with E-state index in [-0.39, 0.29) is 0 Å². The van der Waals surface area contributed by atoms with E-state index in [4.69, 9.17) is 9.47 Å². The summed E-state index contributed by atoms with van der Waals surface area (Å²) in [7, 11) is 0. The van der Waals surface area contributed by atoms with Crippen molar-refractivity contribution >= 4 is 75.7 Å². The molecule has 0 amide bonds. The van der Waals surface area contributed by atoms with E-state index >= 15 is 0 Å². The molecule has 0 spiro atoms. The van der Waals surface area contributed by atoms with Crippen LogP contribution < -0.4 is 0 Å². The summed E-state index contributed by atoms with van der Waals surface area (Å²) in [6.45, 7) is 3.43. The number of hydrogen-bond acceptors (Lipinski definition) is 4. The third-order valence-electron chi connectivity index (χ3n) is 4.71. The quantitative estimate of drug-likeness (QED) is 0.212. The number of benzene rings is 2. The lowest BCUT2D eigenvalue weighted by molar-refractivity contribution is -0.0239. The van der Waals surface area contributed by atoms with E-state index in [1.165, 1.54) is 0 Å². The zero-order chi connectivity index (χ0) is 22.3. The molecule has 2 atom stereocenters. The summed E-state index contributed by atoms with van der Waals surface area (Å²) in [5, 5.41) is 2.70. The van der Waals surface area contributed by atoms with E-state index in [2.05, 4.69) is 63.7 Å². The van der Waals surface area contributed by atoms with Crippen LogP contribution in [0.4, 0.5) is 0 Å². The maximum Gasteiger partial charge on any atom is 0.338 e. The monoisotopic (exact) mass is 666 g/mol. The SMILES string of the molecule is C[C@@H](OC(=O)c1ccc(CBr)c(CBr)c1)[C@@H](C)OC(=O)c1ccc(CBr)c(CBr)c1. The zero-order valence-electron chi connectivity index (χ0n) is 16.6. The van der Waals surface area contributed by atoms with Gasteiger partial charge in [0.1, 0.15) is 12.2 Å². The highest BCUT2D eigenvalue weighted by Crippen LogP contribution is 2.21. The number of alkyl halides is 4. The summed E-state index contributed by atoms with van der Waals surface area (Å²) < 4.78 is 11.1. The number of carbonyl (C=O) groups excluding carboxylic acids is 2. The van der Waals surface area contributed by atoms with E-state index in [9.17, 15) is 9.59 Å². The summed E-state index contributed by atoms with van der Waals surface area (Å²) >= 11 is 13.8. The fraction of sp³-hybridized carbons (Fsp3) is 0.364. The first-order valence-corrected chi connectivity index (χ1v) is 13.7. The Balaban J connectivity index is 2.03. The van der Waals surface area contributed by atoms with Gasteiger partial charge in [-0.25, -0.2) is 9.59 Å². The molecule has 0 N–H and O–H groups in total. The minimum Gasteiger partial charge on any atom is -0.455 e. The first-order chi connectivity index (χ1) is 14.3. The molecule has 0 radical (unpaired) electrons. The average molecular weight is 670 g/mol. The third-order valence-corrected chi connectivity index (χ3v) is 7.12. The summed E-state index contributed by atoms with van der Waals surface area (Å²) in [6.07, 6.45) is -1.19. The van der Waals surface area contributed by atoms with E-state index in [0.29, 0.717) is 32.4 Å². The molecule has 0 bridgehead atoms.